The Bertz CT molecular complexity index is 2450. The van der Waals surface area contributed by atoms with Crippen LogP contribution in [0.4, 0.5) is 23.8 Å². The highest BCUT2D eigenvalue weighted by molar-refractivity contribution is 6.90. The number of piperazine rings is 1. The fourth-order valence-corrected chi connectivity index (χ4v) is 16.6. The van der Waals surface area contributed by atoms with E-state index in [9.17, 15) is 9.18 Å². The topological polar surface area (TPSA) is 102 Å². The predicted octanol–water partition coefficient (Wildman–Crippen LogP) is 10.2. The van der Waals surface area contributed by atoms with Crippen LogP contribution in [-0.2, 0) is 9.47 Å². The third-order valence-corrected chi connectivity index (χ3v) is 20.5. The SMILES string of the molecule is COCOc1cc(-c2ncc3c(N4C[C@H]5CC[C@@H](C4)N5C(=O)OC(C)(C)C)nc(OC[C@]45CCCN4C[C@@H](F)C5)nc3c2F)c2c(C#C[Si](C(C)C)(C(C)C)C(C)C)c(F)ccc2c1. The normalized spacial score (nSPS) is 22.5. The van der Waals surface area contributed by atoms with Gasteiger partial charge in [0.25, 0.3) is 0 Å². The molecule has 0 radical (unpaired) electrons. The van der Waals surface area contributed by atoms with E-state index >= 15 is 8.78 Å². The van der Waals surface area contributed by atoms with E-state index in [1.165, 1.54) is 13.2 Å². The summed E-state index contributed by atoms with van der Waals surface area (Å²) in [5.74, 6) is 2.86. The van der Waals surface area contributed by atoms with Gasteiger partial charge in [-0.15, -0.1) is 5.54 Å². The number of fused-ring (bicyclic) bond motifs is 5. The van der Waals surface area contributed by atoms with Gasteiger partial charge in [-0.25, -0.2) is 18.0 Å². The lowest BCUT2D eigenvalue weighted by molar-refractivity contribution is 0.0122. The maximum Gasteiger partial charge on any atom is 0.410 e. The van der Waals surface area contributed by atoms with Crippen molar-refractivity contribution >= 4 is 41.7 Å². The molecule has 2 bridgehead atoms. The van der Waals surface area contributed by atoms with Gasteiger partial charge in [-0.2, -0.15) is 9.97 Å². The molecule has 4 atom stereocenters. The van der Waals surface area contributed by atoms with E-state index in [-0.39, 0.29) is 59.9 Å². The Morgan fingerprint density at radius 3 is 2.34 bits per heavy atom. The Kier molecular flexibility index (Phi) is 12.6. The molecule has 4 fully saturated rings. The van der Waals surface area contributed by atoms with E-state index in [2.05, 4.69) is 62.8 Å². The van der Waals surface area contributed by atoms with Crippen LogP contribution in [0.25, 0.3) is 32.9 Å². The third-order valence-electron chi connectivity index (χ3n) is 14.2. The molecule has 4 aliphatic rings. The number of carbonyl (C=O) groups excluding carboxylic acids is 1. The average molecular weight is 901 g/mol. The van der Waals surface area contributed by atoms with Gasteiger partial charge in [0.1, 0.15) is 55.0 Å². The van der Waals surface area contributed by atoms with Crippen LogP contribution in [0, 0.1) is 23.1 Å². The molecular weight excluding hydrogens is 838 g/mol. The van der Waals surface area contributed by atoms with Crippen molar-refractivity contribution in [1.29, 1.82) is 0 Å². The summed E-state index contributed by atoms with van der Waals surface area (Å²) >= 11 is 0. The summed E-state index contributed by atoms with van der Waals surface area (Å²) in [4.78, 5) is 33.9. The van der Waals surface area contributed by atoms with E-state index in [4.69, 9.17) is 33.9 Å². The summed E-state index contributed by atoms with van der Waals surface area (Å²) < 4.78 is 72.5. The Labute approximate surface area is 376 Å². The zero-order valence-corrected chi connectivity index (χ0v) is 40.0. The van der Waals surface area contributed by atoms with Crippen LogP contribution >= 0.6 is 0 Å². The Morgan fingerprint density at radius 2 is 1.69 bits per heavy atom. The fraction of sp³-hybridized carbons (Fsp3) is 0.592. The number of alkyl halides is 1. The van der Waals surface area contributed by atoms with Crippen LogP contribution in [0.15, 0.2) is 30.5 Å². The molecule has 11 nitrogen and oxygen atoms in total. The molecule has 0 saturated carbocycles. The minimum absolute atomic E-state index is 0.0336. The van der Waals surface area contributed by atoms with Gasteiger partial charge in [0.15, 0.2) is 12.6 Å². The molecular formula is C49H63F3N6O5Si. The van der Waals surface area contributed by atoms with Crippen molar-refractivity contribution < 1.29 is 36.9 Å². The average Bonchev–Trinajstić information content (AvgIpc) is 3.85. The molecule has 6 heterocycles. The molecule has 0 aliphatic carbocycles. The van der Waals surface area contributed by atoms with Gasteiger partial charge in [0.2, 0.25) is 0 Å². The summed E-state index contributed by atoms with van der Waals surface area (Å²) in [7, 11) is -0.816. The maximum absolute atomic E-state index is 17.9. The molecule has 344 valence electrons. The smallest absolute Gasteiger partial charge is 0.410 e. The van der Waals surface area contributed by atoms with E-state index in [1.54, 1.807) is 24.4 Å². The molecule has 15 heteroatoms. The molecule has 0 N–H and O–H groups in total. The monoisotopic (exact) mass is 900 g/mol. The van der Waals surface area contributed by atoms with Crippen molar-refractivity contribution in [2.45, 2.75) is 140 Å². The van der Waals surface area contributed by atoms with E-state index in [0.717, 1.165) is 32.2 Å². The first kappa shape index (κ1) is 45.9. The minimum atomic E-state index is -2.33. The standard InChI is InChI=1S/C49H63F3N6O5Si/c1-29(2)64(30(3)4,31(5)6)19-16-37-40(51)15-12-32-20-36(62-28-60-10)21-38(41(32)37)43-42(52)44-39(23-53-43)45(55-46(54-44)61-27-49-17-11-18-57(49)24-33(50)22-49)56-25-34-13-14-35(26-56)58(34)47(59)63-48(7,8)9/h12,15,20-21,23,29-31,33-35H,11,13-14,17-18,22,24-28H2,1-10H3/t33-,34-,35+,49+/m0/s1. The van der Waals surface area contributed by atoms with Crippen molar-refractivity contribution in [3.63, 3.8) is 0 Å². The number of carbonyl (C=O) groups is 1. The second kappa shape index (κ2) is 17.6. The molecule has 64 heavy (non-hydrogen) atoms. The summed E-state index contributed by atoms with van der Waals surface area (Å²) in [5, 5.41) is 1.36. The number of aromatic nitrogens is 3. The summed E-state index contributed by atoms with van der Waals surface area (Å²) in [6.45, 7) is 20.8. The van der Waals surface area contributed by atoms with Gasteiger partial charge < -0.3 is 23.8 Å². The molecule has 0 spiro atoms. The van der Waals surface area contributed by atoms with Gasteiger partial charge >= 0.3 is 12.1 Å². The van der Waals surface area contributed by atoms with Crippen LogP contribution in [0.5, 0.6) is 11.8 Å². The molecule has 2 aromatic heterocycles. The zero-order valence-electron chi connectivity index (χ0n) is 39.0. The first-order chi connectivity index (χ1) is 30.4. The molecule has 1 amide bonds. The van der Waals surface area contributed by atoms with E-state index in [0.29, 0.717) is 70.4 Å². The highest BCUT2D eigenvalue weighted by atomic mass is 28.3. The van der Waals surface area contributed by atoms with Gasteiger partial charge in [0, 0.05) is 50.3 Å². The fourth-order valence-electron chi connectivity index (χ4n) is 11.4. The number of rotatable bonds is 11. The lowest BCUT2D eigenvalue weighted by Gasteiger charge is -2.42. The number of halogens is 3. The van der Waals surface area contributed by atoms with Crippen LogP contribution in [-0.4, -0.2) is 115 Å². The van der Waals surface area contributed by atoms with Crippen LogP contribution in [0.2, 0.25) is 16.6 Å². The number of pyridine rings is 1. The number of benzene rings is 2. The molecule has 8 rings (SSSR count). The minimum Gasteiger partial charge on any atom is -0.468 e. The highest BCUT2D eigenvalue weighted by Crippen LogP contribution is 2.44. The molecule has 4 saturated heterocycles. The second-order valence-electron chi connectivity index (χ2n) is 20.2. The van der Waals surface area contributed by atoms with Crippen molar-refractivity contribution in [1.82, 2.24) is 24.8 Å². The van der Waals surface area contributed by atoms with Crippen molar-refractivity contribution in [2.24, 2.45) is 0 Å². The van der Waals surface area contributed by atoms with Crippen molar-refractivity contribution in [3.8, 4) is 34.5 Å². The summed E-state index contributed by atoms with van der Waals surface area (Å²) in [6, 6.07) is 6.09. The molecule has 2 aromatic carbocycles. The van der Waals surface area contributed by atoms with Crippen molar-refractivity contribution in [3.05, 3.63) is 47.7 Å². The van der Waals surface area contributed by atoms with Crippen LogP contribution < -0.4 is 14.4 Å². The number of ether oxygens (including phenoxy) is 4. The number of hydrogen-bond acceptors (Lipinski definition) is 10. The van der Waals surface area contributed by atoms with Crippen molar-refractivity contribution in [2.75, 3.05) is 51.6 Å². The number of methoxy groups -OCH3 is 1. The summed E-state index contributed by atoms with van der Waals surface area (Å²) in [5.41, 5.74) is 3.77. The maximum atomic E-state index is 17.9. The predicted molar refractivity (Wildman–Crippen MR) is 246 cm³/mol. The molecule has 4 aliphatic heterocycles. The lowest BCUT2D eigenvalue weighted by atomic mass is 9.95. The second-order valence-corrected chi connectivity index (χ2v) is 25.8. The van der Waals surface area contributed by atoms with Gasteiger partial charge in [-0.1, -0.05) is 53.5 Å². The Morgan fingerprint density at radius 1 is 0.984 bits per heavy atom. The first-order valence-corrected chi connectivity index (χ1v) is 25.1. The number of anilines is 1. The molecule has 0 unspecified atom stereocenters. The van der Waals surface area contributed by atoms with Gasteiger partial charge in [0.05, 0.1) is 28.6 Å². The highest BCUT2D eigenvalue weighted by Gasteiger charge is 2.50. The van der Waals surface area contributed by atoms with Gasteiger partial charge in [-0.3, -0.25) is 14.8 Å². The largest absolute Gasteiger partial charge is 0.468 e. The zero-order chi connectivity index (χ0) is 45.9. The van der Waals surface area contributed by atoms with Crippen LogP contribution in [0.1, 0.15) is 100.0 Å². The van der Waals surface area contributed by atoms with Crippen LogP contribution in [0.3, 0.4) is 0 Å². The Balaban J connectivity index is 1.29. The number of nitrogens with zero attached hydrogens (tertiary/aromatic N) is 6. The lowest BCUT2D eigenvalue weighted by Crippen LogP contribution is -2.57. The van der Waals surface area contributed by atoms with E-state index in [1.807, 2.05) is 25.7 Å². The number of amides is 1. The van der Waals surface area contributed by atoms with Gasteiger partial charge in [-0.05, 0) is 93.2 Å². The summed E-state index contributed by atoms with van der Waals surface area (Å²) in [6.07, 6.45) is 3.84. The third kappa shape index (κ3) is 8.39. The molecule has 4 aromatic rings. The number of hydrogen-bond donors (Lipinski definition) is 0. The first-order valence-electron chi connectivity index (χ1n) is 22.9. The quantitative estimate of drug-likeness (QED) is 0.0821. The Hall–Kier alpha value is -4.65. The van der Waals surface area contributed by atoms with E-state index < -0.39 is 37.0 Å².